The van der Waals surface area contributed by atoms with E-state index in [-0.39, 0.29) is 12.2 Å². The van der Waals surface area contributed by atoms with E-state index in [1.807, 2.05) is 18.2 Å². The van der Waals surface area contributed by atoms with Crippen molar-refractivity contribution in [2.45, 2.75) is 25.9 Å². The number of ether oxygens (including phenoxy) is 2. The lowest BCUT2D eigenvalue weighted by Crippen LogP contribution is -2.38. The van der Waals surface area contributed by atoms with Crippen LogP contribution in [0.3, 0.4) is 0 Å². The minimum absolute atomic E-state index is 0.121. The fourth-order valence-electron chi connectivity index (χ4n) is 1.96. The monoisotopic (exact) mass is 249 g/mol. The van der Waals surface area contributed by atoms with Crippen molar-refractivity contribution >= 4 is 6.09 Å². The van der Waals surface area contributed by atoms with Crippen molar-refractivity contribution in [1.82, 2.24) is 4.90 Å². The maximum Gasteiger partial charge on any atom is 0.415 e. The van der Waals surface area contributed by atoms with Gasteiger partial charge in [-0.25, -0.2) is 4.79 Å². The first-order valence-electron chi connectivity index (χ1n) is 6.43. The van der Waals surface area contributed by atoms with Crippen molar-refractivity contribution in [2.75, 3.05) is 19.7 Å². The average molecular weight is 249 g/mol. The van der Waals surface area contributed by atoms with E-state index in [0.29, 0.717) is 25.4 Å². The Morgan fingerprint density at radius 1 is 1.44 bits per heavy atom. The zero-order valence-electron chi connectivity index (χ0n) is 10.7. The Kier molecular flexibility index (Phi) is 4.59. The Hall–Kier alpha value is -1.55. The van der Waals surface area contributed by atoms with Gasteiger partial charge in [-0.05, 0) is 25.0 Å². The minimum atomic E-state index is -0.287. The summed E-state index contributed by atoms with van der Waals surface area (Å²) in [6, 6.07) is 9.16. The van der Waals surface area contributed by atoms with Crippen LogP contribution in [-0.4, -0.2) is 36.8 Å². The van der Waals surface area contributed by atoms with Gasteiger partial charge in [0, 0.05) is 13.2 Å². The van der Waals surface area contributed by atoms with Gasteiger partial charge >= 0.3 is 6.09 Å². The summed E-state index contributed by atoms with van der Waals surface area (Å²) in [5.41, 5.74) is 0. The molecule has 0 aromatic heterocycles. The first-order valence-corrected chi connectivity index (χ1v) is 6.43. The minimum Gasteiger partial charge on any atom is -0.410 e. The molecular weight excluding hydrogens is 230 g/mol. The molecule has 1 aromatic rings. The van der Waals surface area contributed by atoms with Gasteiger partial charge in [0.2, 0.25) is 0 Å². The van der Waals surface area contributed by atoms with E-state index >= 15 is 0 Å². The summed E-state index contributed by atoms with van der Waals surface area (Å²) in [5, 5.41) is 0. The van der Waals surface area contributed by atoms with Crippen molar-refractivity contribution < 1.29 is 14.3 Å². The molecule has 2 rings (SSSR count). The molecule has 0 saturated carbocycles. The van der Waals surface area contributed by atoms with Gasteiger partial charge in [0.1, 0.15) is 5.75 Å². The molecule has 1 aliphatic heterocycles. The quantitative estimate of drug-likeness (QED) is 0.809. The molecule has 0 N–H and O–H groups in total. The van der Waals surface area contributed by atoms with Crippen LogP contribution in [0.2, 0.25) is 0 Å². The number of nitrogens with zero attached hydrogens (tertiary/aromatic N) is 1. The van der Waals surface area contributed by atoms with E-state index in [9.17, 15) is 4.79 Å². The molecule has 1 atom stereocenters. The number of benzene rings is 1. The lowest BCUT2D eigenvalue weighted by molar-refractivity contribution is 0.0523. The standard InChI is InChI=1S/C14H19NO3/c1-2-12-11-15(9-6-10-17-12)14(16)18-13-7-4-3-5-8-13/h3-5,7-8,12H,2,6,9-11H2,1H3. The second-order valence-electron chi connectivity index (χ2n) is 4.38. The molecule has 4 heteroatoms. The molecule has 0 aliphatic carbocycles. The van der Waals surface area contributed by atoms with Crippen LogP contribution in [-0.2, 0) is 4.74 Å². The van der Waals surface area contributed by atoms with Gasteiger partial charge in [-0.2, -0.15) is 0 Å². The van der Waals surface area contributed by atoms with Crippen molar-refractivity contribution in [3.63, 3.8) is 0 Å². The van der Waals surface area contributed by atoms with Crippen LogP contribution >= 0.6 is 0 Å². The average Bonchev–Trinajstić information content (AvgIpc) is 2.65. The van der Waals surface area contributed by atoms with E-state index in [1.165, 1.54) is 0 Å². The summed E-state index contributed by atoms with van der Waals surface area (Å²) in [4.78, 5) is 13.8. The molecule has 1 heterocycles. The Morgan fingerprint density at radius 2 is 2.22 bits per heavy atom. The van der Waals surface area contributed by atoms with Gasteiger partial charge in [0.25, 0.3) is 0 Å². The number of amides is 1. The van der Waals surface area contributed by atoms with Gasteiger partial charge in [0.15, 0.2) is 0 Å². The fourth-order valence-corrected chi connectivity index (χ4v) is 1.96. The summed E-state index contributed by atoms with van der Waals surface area (Å²) in [5.74, 6) is 0.584. The van der Waals surface area contributed by atoms with Gasteiger partial charge in [-0.3, -0.25) is 0 Å². The fraction of sp³-hybridized carbons (Fsp3) is 0.500. The van der Waals surface area contributed by atoms with Crippen molar-refractivity contribution in [2.24, 2.45) is 0 Å². The van der Waals surface area contributed by atoms with Gasteiger partial charge in [-0.15, -0.1) is 0 Å². The number of hydrogen-bond acceptors (Lipinski definition) is 3. The number of rotatable bonds is 2. The molecule has 1 saturated heterocycles. The summed E-state index contributed by atoms with van der Waals surface area (Å²) < 4.78 is 11.0. The SMILES string of the molecule is CCC1CN(C(=O)Oc2ccccc2)CCCO1. The molecule has 0 bridgehead atoms. The third kappa shape index (κ3) is 3.47. The van der Waals surface area contributed by atoms with E-state index in [4.69, 9.17) is 9.47 Å². The van der Waals surface area contributed by atoms with Crippen LogP contribution in [0.5, 0.6) is 5.75 Å². The summed E-state index contributed by atoms with van der Waals surface area (Å²) >= 11 is 0. The number of carbonyl (C=O) groups excluding carboxylic acids is 1. The molecule has 1 aromatic carbocycles. The summed E-state index contributed by atoms with van der Waals surface area (Å²) in [6.45, 7) is 4.09. The number of para-hydroxylation sites is 1. The maximum atomic E-state index is 12.0. The lowest BCUT2D eigenvalue weighted by Gasteiger charge is -2.22. The number of carbonyl (C=O) groups is 1. The predicted octanol–water partition coefficient (Wildman–Crippen LogP) is 2.69. The highest BCUT2D eigenvalue weighted by atomic mass is 16.6. The topological polar surface area (TPSA) is 38.8 Å². The van der Waals surface area contributed by atoms with Crippen molar-refractivity contribution in [1.29, 1.82) is 0 Å². The third-order valence-electron chi connectivity index (χ3n) is 3.01. The Morgan fingerprint density at radius 3 is 2.94 bits per heavy atom. The first kappa shape index (κ1) is 12.9. The zero-order valence-corrected chi connectivity index (χ0v) is 10.7. The van der Waals surface area contributed by atoms with E-state index < -0.39 is 0 Å². The largest absolute Gasteiger partial charge is 0.415 e. The molecule has 1 aliphatic rings. The maximum absolute atomic E-state index is 12.0. The van der Waals surface area contributed by atoms with Crippen LogP contribution in [0.25, 0.3) is 0 Å². The lowest BCUT2D eigenvalue weighted by atomic mass is 10.2. The highest BCUT2D eigenvalue weighted by Crippen LogP contribution is 2.13. The number of hydrogen-bond donors (Lipinski definition) is 0. The Balaban J connectivity index is 1.95. The normalized spacial score (nSPS) is 20.3. The molecule has 0 radical (unpaired) electrons. The first-order chi connectivity index (χ1) is 8.79. The van der Waals surface area contributed by atoms with E-state index in [2.05, 4.69) is 6.92 Å². The van der Waals surface area contributed by atoms with Crippen LogP contribution in [0.15, 0.2) is 30.3 Å². The Bertz CT molecular complexity index is 380. The zero-order chi connectivity index (χ0) is 12.8. The van der Waals surface area contributed by atoms with Crippen LogP contribution in [0.1, 0.15) is 19.8 Å². The predicted molar refractivity (Wildman–Crippen MR) is 68.7 cm³/mol. The van der Waals surface area contributed by atoms with E-state index in [0.717, 1.165) is 12.8 Å². The molecule has 18 heavy (non-hydrogen) atoms. The molecule has 98 valence electrons. The van der Waals surface area contributed by atoms with Crippen molar-refractivity contribution in [3.05, 3.63) is 30.3 Å². The Labute approximate surface area is 107 Å². The molecule has 0 spiro atoms. The molecule has 4 nitrogen and oxygen atoms in total. The third-order valence-corrected chi connectivity index (χ3v) is 3.01. The van der Waals surface area contributed by atoms with Gasteiger partial charge in [0.05, 0.1) is 12.6 Å². The smallest absolute Gasteiger partial charge is 0.410 e. The van der Waals surface area contributed by atoms with Crippen LogP contribution in [0, 0.1) is 0 Å². The van der Waals surface area contributed by atoms with E-state index in [1.54, 1.807) is 17.0 Å². The highest BCUT2D eigenvalue weighted by molar-refractivity contribution is 5.70. The molecule has 1 unspecified atom stereocenters. The van der Waals surface area contributed by atoms with Crippen LogP contribution in [0.4, 0.5) is 4.79 Å². The summed E-state index contributed by atoms with van der Waals surface area (Å²) in [6.07, 6.45) is 1.61. The van der Waals surface area contributed by atoms with Gasteiger partial charge < -0.3 is 14.4 Å². The van der Waals surface area contributed by atoms with Gasteiger partial charge in [-0.1, -0.05) is 25.1 Å². The van der Waals surface area contributed by atoms with Crippen LogP contribution < -0.4 is 4.74 Å². The second kappa shape index (κ2) is 6.40. The molecule has 1 amide bonds. The van der Waals surface area contributed by atoms with Crippen molar-refractivity contribution in [3.8, 4) is 5.75 Å². The molecular formula is C14H19NO3. The summed E-state index contributed by atoms with van der Waals surface area (Å²) in [7, 11) is 0. The highest BCUT2D eigenvalue weighted by Gasteiger charge is 2.22. The second-order valence-corrected chi connectivity index (χ2v) is 4.38. The molecule has 1 fully saturated rings.